The van der Waals surface area contributed by atoms with Crippen LogP contribution < -0.4 is 16.0 Å². The molecular weight excluding hydrogens is 328 g/mol. The zero-order valence-electron chi connectivity index (χ0n) is 13.8. The highest BCUT2D eigenvalue weighted by Gasteiger charge is 2.03. The number of rotatable bonds is 5. The second kappa shape index (κ2) is 8.26. The van der Waals surface area contributed by atoms with Crippen LogP contribution in [0.2, 0.25) is 0 Å². The second-order valence-electron chi connectivity index (χ2n) is 5.40. The molecule has 2 amide bonds. The number of aromatic nitrogens is 2. The molecule has 0 fully saturated rings. The lowest BCUT2D eigenvalue weighted by atomic mass is 10.2. The van der Waals surface area contributed by atoms with Crippen LogP contribution in [0.15, 0.2) is 67.0 Å². The van der Waals surface area contributed by atoms with Gasteiger partial charge in [-0.2, -0.15) is 5.26 Å². The van der Waals surface area contributed by atoms with Crippen molar-refractivity contribution in [3.05, 3.63) is 78.2 Å². The largest absolute Gasteiger partial charge is 0.365 e. The molecule has 0 aliphatic rings. The quantitative estimate of drug-likeness (QED) is 0.656. The molecule has 1 heterocycles. The van der Waals surface area contributed by atoms with Crippen molar-refractivity contribution in [1.29, 1.82) is 5.26 Å². The third-order valence-electron chi connectivity index (χ3n) is 3.46. The molecule has 7 heteroatoms. The number of benzene rings is 2. The molecule has 1 aromatic heterocycles. The van der Waals surface area contributed by atoms with E-state index >= 15 is 0 Å². The number of nitrogens with one attached hydrogen (secondary N) is 3. The Hall–Kier alpha value is -3.92. The van der Waals surface area contributed by atoms with Crippen LogP contribution in [0.1, 0.15) is 11.3 Å². The van der Waals surface area contributed by atoms with Gasteiger partial charge in [0.25, 0.3) is 0 Å². The van der Waals surface area contributed by atoms with Crippen LogP contribution >= 0.6 is 0 Å². The normalized spacial score (nSPS) is 9.81. The van der Waals surface area contributed by atoms with Gasteiger partial charge in [0.15, 0.2) is 5.69 Å². The van der Waals surface area contributed by atoms with Gasteiger partial charge < -0.3 is 16.0 Å². The second-order valence-corrected chi connectivity index (χ2v) is 5.40. The van der Waals surface area contributed by atoms with Crippen LogP contribution in [0.4, 0.5) is 22.0 Å². The summed E-state index contributed by atoms with van der Waals surface area (Å²) in [6, 6.07) is 18.3. The number of carbonyl (C=O) groups excluding carboxylic acids is 1. The average Bonchev–Trinajstić information content (AvgIpc) is 2.68. The molecule has 7 nitrogen and oxygen atoms in total. The number of hydrogen-bond donors (Lipinski definition) is 3. The SMILES string of the molecule is N#Cc1cnc(NCc2cccc(NC(=O)Nc3ccccc3)c2)cn1. The number of nitrogens with zero attached hydrogens (tertiary/aromatic N) is 3. The molecule has 0 spiro atoms. The predicted octanol–water partition coefficient (Wildman–Crippen LogP) is 3.60. The van der Waals surface area contributed by atoms with Gasteiger partial charge in [-0.1, -0.05) is 30.3 Å². The van der Waals surface area contributed by atoms with Crippen molar-refractivity contribution in [3.63, 3.8) is 0 Å². The Morgan fingerprint density at radius 1 is 0.962 bits per heavy atom. The Morgan fingerprint density at radius 3 is 2.46 bits per heavy atom. The monoisotopic (exact) mass is 344 g/mol. The van der Waals surface area contributed by atoms with E-state index in [4.69, 9.17) is 5.26 Å². The predicted molar refractivity (Wildman–Crippen MR) is 99.6 cm³/mol. The molecule has 0 saturated carbocycles. The molecule has 3 aromatic rings. The van der Waals surface area contributed by atoms with E-state index in [1.54, 1.807) is 0 Å². The highest BCUT2D eigenvalue weighted by molar-refractivity contribution is 5.99. The van der Waals surface area contributed by atoms with E-state index in [9.17, 15) is 4.79 Å². The smallest absolute Gasteiger partial charge is 0.323 e. The molecule has 0 aliphatic carbocycles. The van der Waals surface area contributed by atoms with Gasteiger partial charge in [-0.15, -0.1) is 0 Å². The van der Waals surface area contributed by atoms with Crippen LogP contribution in [0.25, 0.3) is 0 Å². The Balaban J connectivity index is 1.57. The van der Waals surface area contributed by atoms with Gasteiger partial charge in [-0.05, 0) is 29.8 Å². The molecular formula is C19H16N6O. The minimum atomic E-state index is -0.306. The Kier molecular flexibility index (Phi) is 5.38. The Labute approximate surface area is 150 Å². The topological polar surface area (TPSA) is 103 Å². The highest BCUT2D eigenvalue weighted by Crippen LogP contribution is 2.13. The van der Waals surface area contributed by atoms with Gasteiger partial charge >= 0.3 is 6.03 Å². The van der Waals surface area contributed by atoms with Gasteiger partial charge in [0.05, 0.1) is 12.4 Å². The number of carbonyl (C=O) groups is 1. The molecule has 0 radical (unpaired) electrons. The number of para-hydroxylation sites is 1. The first kappa shape index (κ1) is 16.9. The Bertz CT molecular complexity index is 919. The average molecular weight is 344 g/mol. The van der Waals surface area contributed by atoms with Crippen LogP contribution in [-0.2, 0) is 6.54 Å². The van der Waals surface area contributed by atoms with Crippen molar-refractivity contribution in [2.24, 2.45) is 0 Å². The van der Waals surface area contributed by atoms with Crippen LogP contribution in [-0.4, -0.2) is 16.0 Å². The zero-order chi connectivity index (χ0) is 18.2. The van der Waals surface area contributed by atoms with Crippen molar-refractivity contribution < 1.29 is 4.79 Å². The van der Waals surface area contributed by atoms with Gasteiger partial charge in [0, 0.05) is 17.9 Å². The van der Waals surface area contributed by atoms with E-state index in [0.29, 0.717) is 18.1 Å². The highest BCUT2D eigenvalue weighted by atomic mass is 16.2. The summed E-state index contributed by atoms with van der Waals surface area (Å²) in [6.07, 6.45) is 2.92. The summed E-state index contributed by atoms with van der Waals surface area (Å²) in [4.78, 5) is 20.1. The fourth-order valence-corrected chi connectivity index (χ4v) is 2.24. The summed E-state index contributed by atoms with van der Waals surface area (Å²) in [6.45, 7) is 0.510. The molecule has 0 saturated heterocycles. The van der Waals surface area contributed by atoms with E-state index in [1.807, 2.05) is 60.7 Å². The molecule has 0 bridgehead atoms. The zero-order valence-corrected chi connectivity index (χ0v) is 13.8. The number of hydrogen-bond acceptors (Lipinski definition) is 5. The van der Waals surface area contributed by atoms with Crippen molar-refractivity contribution in [3.8, 4) is 6.07 Å². The van der Waals surface area contributed by atoms with E-state index in [-0.39, 0.29) is 11.7 Å². The number of amides is 2. The summed E-state index contributed by atoms with van der Waals surface area (Å²) < 4.78 is 0. The minimum absolute atomic E-state index is 0.270. The summed E-state index contributed by atoms with van der Waals surface area (Å²) in [5.41, 5.74) is 2.64. The van der Waals surface area contributed by atoms with Gasteiger partial charge in [0.2, 0.25) is 0 Å². The molecule has 128 valence electrons. The third kappa shape index (κ3) is 4.79. The van der Waals surface area contributed by atoms with Gasteiger partial charge in [-0.25, -0.2) is 14.8 Å². The molecule has 2 aromatic carbocycles. The summed E-state index contributed by atoms with van der Waals surface area (Å²) >= 11 is 0. The minimum Gasteiger partial charge on any atom is -0.365 e. The van der Waals surface area contributed by atoms with E-state index in [1.165, 1.54) is 12.4 Å². The fourth-order valence-electron chi connectivity index (χ4n) is 2.24. The lowest BCUT2D eigenvalue weighted by Crippen LogP contribution is -2.19. The lowest BCUT2D eigenvalue weighted by molar-refractivity contribution is 0.262. The molecule has 26 heavy (non-hydrogen) atoms. The lowest BCUT2D eigenvalue weighted by Gasteiger charge is -2.10. The van der Waals surface area contributed by atoms with Gasteiger partial charge in [0.1, 0.15) is 11.9 Å². The summed E-state index contributed by atoms with van der Waals surface area (Å²) in [7, 11) is 0. The van der Waals surface area contributed by atoms with E-state index < -0.39 is 0 Å². The first-order chi connectivity index (χ1) is 12.7. The summed E-state index contributed by atoms with van der Waals surface area (Å²) in [5.74, 6) is 0.573. The van der Waals surface area contributed by atoms with Crippen molar-refractivity contribution in [2.75, 3.05) is 16.0 Å². The maximum Gasteiger partial charge on any atom is 0.323 e. The summed E-state index contributed by atoms with van der Waals surface area (Å²) in [5, 5.41) is 17.4. The standard InChI is InChI=1S/C19H16N6O/c20-10-17-12-23-18(13-21-17)22-11-14-5-4-8-16(9-14)25-19(26)24-15-6-2-1-3-7-15/h1-9,12-13H,11H2,(H,22,23)(H2,24,25,26). The molecule has 3 N–H and O–H groups in total. The third-order valence-corrected chi connectivity index (χ3v) is 3.46. The van der Waals surface area contributed by atoms with Crippen molar-refractivity contribution in [2.45, 2.75) is 6.54 Å². The number of nitriles is 1. The maximum atomic E-state index is 12.1. The first-order valence-electron chi connectivity index (χ1n) is 7.91. The van der Waals surface area contributed by atoms with Gasteiger partial charge in [-0.3, -0.25) is 0 Å². The molecule has 3 rings (SSSR count). The molecule has 0 unspecified atom stereocenters. The van der Waals surface area contributed by atoms with E-state index in [0.717, 1.165) is 11.3 Å². The first-order valence-corrected chi connectivity index (χ1v) is 7.91. The van der Waals surface area contributed by atoms with Crippen LogP contribution in [0, 0.1) is 11.3 Å². The maximum absolute atomic E-state index is 12.1. The number of urea groups is 1. The van der Waals surface area contributed by atoms with Crippen LogP contribution in [0.3, 0.4) is 0 Å². The fraction of sp³-hybridized carbons (Fsp3) is 0.0526. The number of anilines is 3. The molecule has 0 aliphatic heterocycles. The molecule has 0 atom stereocenters. The Morgan fingerprint density at radius 2 is 1.73 bits per heavy atom. The van der Waals surface area contributed by atoms with E-state index in [2.05, 4.69) is 25.9 Å². The van der Waals surface area contributed by atoms with Crippen molar-refractivity contribution >= 4 is 23.2 Å². The van der Waals surface area contributed by atoms with Crippen molar-refractivity contribution in [1.82, 2.24) is 9.97 Å². The van der Waals surface area contributed by atoms with Crippen LogP contribution in [0.5, 0.6) is 0 Å².